The van der Waals surface area contributed by atoms with Crippen molar-refractivity contribution in [3.05, 3.63) is 30.3 Å². The molecule has 2 N–H and O–H groups in total. The van der Waals surface area contributed by atoms with E-state index < -0.39 is 0 Å². The Hall–Kier alpha value is -1.06. The van der Waals surface area contributed by atoms with Gasteiger partial charge in [-0.25, -0.2) is 0 Å². The Labute approximate surface area is 116 Å². The first-order valence-corrected chi connectivity index (χ1v) is 7.62. The van der Waals surface area contributed by atoms with Crippen LogP contribution in [0.3, 0.4) is 0 Å². The van der Waals surface area contributed by atoms with Crippen LogP contribution in [-0.2, 0) is 0 Å². The van der Waals surface area contributed by atoms with Crippen LogP contribution in [0.5, 0.6) is 0 Å². The molecule has 19 heavy (non-hydrogen) atoms. The SMILES string of the molecule is NC1CCCC(N2CCN(c3ccccc3)CC2)C1. The molecule has 0 bridgehead atoms. The second-order valence-corrected chi connectivity index (χ2v) is 5.94. The summed E-state index contributed by atoms with van der Waals surface area (Å²) < 4.78 is 0. The maximum Gasteiger partial charge on any atom is 0.0367 e. The van der Waals surface area contributed by atoms with Crippen LogP contribution < -0.4 is 10.6 Å². The Morgan fingerprint density at radius 2 is 1.68 bits per heavy atom. The summed E-state index contributed by atoms with van der Waals surface area (Å²) in [7, 11) is 0. The van der Waals surface area contributed by atoms with E-state index >= 15 is 0 Å². The number of hydrogen-bond acceptors (Lipinski definition) is 3. The van der Waals surface area contributed by atoms with E-state index in [0.717, 1.165) is 19.1 Å². The number of hydrogen-bond donors (Lipinski definition) is 1. The van der Waals surface area contributed by atoms with Gasteiger partial charge in [-0.1, -0.05) is 24.6 Å². The molecule has 1 saturated carbocycles. The predicted molar refractivity (Wildman–Crippen MR) is 80.5 cm³/mol. The summed E-state index contributed by atoms with van der Waals surface area (Å²) in [5.41, 5.74) is 7.48. The smallest absolute Gasteiger partial charge is 0.0367 e. The van der Waals surface area contributed by atoms with Crippen LogP contribution in [0, 0.1) is 0 Å². The van der Waals surface area contributed by atoms with Crippen LogP contribution in [0.25, 0.3) is 0 Å². The molecule has 3 heteroatoms. The third-order valence-corrected chi connectivity index (χ3v) is 4.64. The minimum Gasteiger partial charge on any atom is -0.369 e. The number of rotatable bonds is 2. The quantitative estimate of drug-likeness (QED) is 0.882. The Balaban J connectivity index is 1.54. The van der Waals surface area contributed by atoms with E-state index in [1.807, 2.05) is 0 Å². The van der Waals surface area contributed by atoms with Crippen LogP contribution in [0.2, 0.25) is 0 Å². The van der Waals surface area contributed by atoms with Gasteiger partial charge >= 0.3 is 0 Å². The van der Waals surface area contributed by atoms with Gasteiger partial charge < -0.3 is 10.6 Å². The standard InChI is InChI=1S/C16H25N3/c17-14-5-4-8-16(13-14)19-11-9-18(10-12-19)15-6-2-1-3-7-15/h1-3,6-7,14,16H,4-5,8-13,17H2. The molecule has 1 aliphatic carbocycles. The van der Waals surface area contributed by atoms with Gasteiger partial charge in [0.05, 0.1) is 0 Å². The Kier molecular flexibility index (Phi) is 4.04. The van der Waals surface area contributed by atoms with Crippen LogP contribution in [-0.4, -0.2) is 43.2 Å². The van der Waals surface area contributed by atoms with Gasteiger partial charge in [-0.2, -0.15) is 0 Å². The van der Waals surface area contributed by atoms with Gasteiger partial charge in [-0.3, -0.25) is 4.90 Å². The zero-order chi connectivity index (χ0) is 13.1. The van der Waals surface area contributed by atoms with Gasteiger partial charge in [-0.15, -0.1) is 0 Å². The van der Waals surface area contributed by atoms with Crippen LogP contribution >= 0.6 is 0 Å². The molecule has 3 nitrogen and oxygen atoms in total. The molecule has 2 fully saturated rings. The number of benzene rings is 1. The van der Waals surface area contributed by atoms with Gasteiger partial charge in [-0.05, 0) is 31.4 Å². The molecule has 0 spiro atoms. The summed E-state index contributed by atoms with van der Waals surface area (Å²) in [4.78, 5) is 5.16. The van der Waals surface area contributed by atoms with Crippen molar-refractivity contribution in [3.63, 3.8) is 0 Å². The second-order valence-electron chi connectivity index (χ2n) is 5.94. The largest absolute Gasteiger partial charge is 0.369 e. The molecule has 104 valence electrons. The first-order chi connectivity index (χ1) is 9.33. The molecular weight excluding hydrogens is 234 g/mol. The van der Waals surface area contributed by atoms with E-state index in [0.29, 0.717) is 6.04 Å². The molecule has 1 aromatic carbocycles. The fraction of sp³-hybridized carbons (Fsp3) is 0.625. The minimum atomic E-state index is 0.436. The predicted octanol–water partition coefficient (Wildman–Crippen LogP) is 2.08. The third-order valence-electron chi connectivity index (χ3n) is 4.64. The van der Waals surface area contributed by atoms with Crippen LogP contribution in [0.15, 0.2) is 30.3 Å². The number of piperazine rings is 1. The van der Waals surface area contributed by atoms with Crippen molar-refractivity contribution < 1.29 is 0 Å². The van der Waals surface area contributed by atoms with Crippen molar-refractivity contribution in [2.75, 3.05) is 31.1 Å². The van der Waals surface area contributed by atoms with Gasteiger partial charge in [0.1, 0.15) is 0 Å². The van der Waals surface area contributed by atoms with Gasteiger partial charge in [0.25, 0.3) is 0 Å². The van der Waals surface area contributed by atoms with E-state index in [1.54, 1.807) is 0 Å². The van der Waals surface area contributed by atoms with E-state index in [9.17, 15) is 0 Å². The first-order valence-electron chi connectivity index (χ1n) is 7.62. The molecule has 1 saturated heterocycles. The van der Waals surface area contributed by atoms with E-state index in [4.69, 9.17) is 5.73 Å². The number of nitrogens with two attached hydrogens (primary N) is 1. The molecule has 1 aromatic rings. The number of para-hydroxylation sites is 1. The maximum absolute atomic E-state index is 6.11. The second kappa shape index (κ2) is 5.93. The summed E-state index contributed by atoms with van der Waals surface area (Å²) in [6.07, 6.45) is 5.08. The summed E-state index contributed by atoms with van der Waals surface area (Å²) in [5.74, 6) is 0. The summed E-state index contributed by atoms with van der Waals surface area (Å²) >= 11 is 0. The lowest BCUT2D eigenvalue weighted by molar-refractivity contribution is 0.140. The Morgan fingerprint density at radius 1 is 0.947 bits per heavy atom. The number of nitrogens with zero attached hydrogens (tertiary/aromatic N) is 2. The Bertz CT molecular complexity index is 384. The first kappa shape index (κ1) is 12.9. The molecule has 0 radical (unpaired) electrons. The number of anilines is 1. The van der Waals surface area contributed by atoms with Crippen molar-refractivity contribution in [3.8, 4) is 0 Å². The zero-order valence-electron chi connectivity index (χ0n) is 11.7. The van der Waals surface area contributed by atoms with E-state index in [-0.39, 0.29) is 0 Å². The molecule has 1 heterocycles. The van der Waals surface area contributed by atoms with Crippen molar-refractivity contribution in [1.82, 2.24) is 4.90 Å². The fourth-order valence-corrected chi connectivity index (χ4v) is 3.52. The maximum atomic E-state index is 6.11. The van der Waals surface area contributed by atoms with E-state index in [1.165, 1.54) is 44.5 Å². The molecule has 0 amide bonds. The highest BCUT2D eigenvalue weighted by atomic mass is 15.3. The van der Waals surface area contributed by atoms with Crippen LogP contribution in [0.1, 0.15) is 25.7 Å². The summed E-state index contributed by atoms with van der Waals surface area (Å²) in [5, 5.41) is 0. The lowest BCUT2D eigenvalue weighted by Crippen LogP contribution is -2.52. The molecule has 0 aromatic heterocycles. The average Bonchev–Trinajstić information content (AvgIpc) is 2.48. The molecule has 2 unspecified atom stereocenters. The zero-order valence-corrected chi connectivity index (χ0v) is 11.7. The lowest BCUT2D eigenvalue weighted by atomic mass is 9.90. The summed E-state index contributed by atoms with van der Waals surface area (Å²) in [6.45, 7) is 4.67. The molecular formula is C16H25N3. The monoisotopic (exact) mass is 259 g/mol. The van der Waals surface area contributed by atoms with Crippen molar-refractivity contribution in [2.24, 2.45) is 5.73 Å². The van der Waals surface area contributed by atoms with Gasteiger partial charge in [0.2, 0.25) is 0 Å². The van der Waals surface area contributed by atoms with Gasteiger partial charge in [0, 0.05) is 44.0 Å². The Morgan fingerprint density at radius 3 is 2.37 bits per heavy atom. The van der Waals surface area contributed by atoms with Crippen molar-refractivity contribution in [1.29, 1.82) is 0 Å². The molecule has 2 atom stereocenters. The topological polar surface area (TPSA) is 32.5 Å². The minimum absolute atomic E-state index is 0.436. The highest BCUT2D eigenvalue weighted by Gasteiger charge is 2.27. The molecule has 3 rings (SSSR count). The fourth-order valence-electron chi connectivity index (χ4n) is 3.52. The van der Waals surface area contributed by atoms with Crippen LogP contribution in [0.4, 0.5) is 5.69 Å². The molecule has 2 aliphatic rings. The molecule has 1 aliphatic heterocycles. The van der Waals surface area contributed by atoms with Crippen molar-refractivity contribution >= 4 is 5.69 Å². The normalized spacial score (nSPS) is 29.4. The highest BCUT2D eigenvalue weighted by molar-refractivity contribution is 5.46. The lowest BCUT2D eigenvalue weighted by Gasteiger charge is -2.42. The average molecular weight is 259 g/mol. The third kappa shape index (κ3) is 3.10. The van der Waals surface area contributed by atoms with E-state index in [2.05, 4.69) is 40.1 Å². The summed E-state index contributed by atoms with van der Waals surface area (Å²) in [6, 6.07) is 11.9. The van der Waals surface area contributed by atoms with Crippen molar-refractivity contribution in [2.45, 2.75) is 37.8 Å². The highest BCUT2D eigenvalue weighted by Crippen LogP contribution is 2.24. The van der Waals surface area contributed by atoms with Gasteiger partial charge in [0.15, 0.2) is 0 Å².